The van der Waals surface area contributed by atoms with Crippen molar-refractivity contribution in [2.45, 2.75) is 20.8 Å². The zero-order valence-electron chi connectivity index (χ0n) is 9.97. The summed E-state index contributed by atoms with van der Waals surface area (Å²) in [7, 11) is 1.39. The maximum Gasteiger partial charge on any atom is 0.354 e. The molecule has 0 saturated carbocycles. The molecule has 0 radical (unpaired) electrons. The number of fused-ring (bicyclic) bond motifs is 1. The fourth-order valence-corrected chi connectivity index (χ4v) is 1.99. The Balaban J connectivity index is 2.74. The van der Waals surface area contributed by atoms with Crippen molar-refractivity contribution in [2.75, 3.05) is 7.11 Å². The lowest BCUT2D eigenvalue weighted by atomic mass is 10.0. The molecule has 0 aliphatic rings. The second kappa shape index (κ2) is 3.67. The summed E-state index contributed by atoms with van der Waals surface area (Å²) in [5.74, 6) is -0.326. The predicted molar refractivity (Wildman–Crippen MR) is 63.8 cm³/mol. The van der Waals surface area contributed by atoms with Gasteiger partial charge < -0.3 is 9.72 Å². The minimum atomic E-state index is -0.326. The number of methoxy groups -OCH3 is 1. The van der Waals surface area contributed by atoms with Crippen LogP contribution >= 0.6 is 0 Å². The molecular formula is C13H15NO2. The third-order valence-corrected chi connectivity index (χ3v) is 3.05. The number of esters is 1. The highest BCUT2D eigenvalue weighted by molar-refractivity contribution is 5.97. The highest BCUT2D eigenvalue weighted by Crippen LogP contribution is 2.25. The van der Waals surface area contributed by atoms with Crippen LogP contribution in [0, 0.1) is 20.8 Å². The molecule has 0 unspecified atom stereocenters. The molecule has 3 heteroatoms. The maximum atomic E-state index is 11.4. The third-order valence-electron chi connectivity index (χ3n) is 3.05. The topological polar surface area (TPSA) is 42.1 Å². The predicted octanol–water partition coefficient (Wildman–Crippen LogP) is 2.88. The molecule has 1 aromatic carbocycles. The zero-order valence-corrected chi connectivity index (χ0v) is 9.97. The van der Waals surface area contributed by atoms with Gasteiger partial charge in [-0.15, -0.1) is 0 Å². The van der Waals surface area contributed by atoms with Crippen LogP contribution in [0.3, 0.4) is 0 Å². The number of nitrogens with one attached hydrogen (secondary N) is 1. The standard InChI is InChI=1S/C13H15NO2/c1-7-5-8(2)10-6-11(13(15)16-4)14-12(10)9(7)3/h5-6,14H,1-4H3. The van der Waals surface area contributed by atoms with Crippen LogP contribution < -0.4 is 0 Å². The van der Waals surface area contributed by atoms with E-state index in [0.29, 0.717) is 5.69 Å². The molecule has 0 bridgehead atoms. The van der Waals surface area contributed by atoms with Crippen LogP contribution in [0.1, 0.15) is 27.2 Å². The molecule has 1 N–H and O–H groups in total. The first-order valence-electron chi connectivity index (χ1n) is 5.22. The third kappa shape index (κ3) is 1.48. The average Bonchev–Trinajstić information content (AvgIpc) is 2.70. The number of benzene rings is 1. The van der Waals surface area contributed by atoms with E-state index in [4.69, 9.17) is 4.74 Å². The van der Waals surface area contributed by atoms with E-state index in [0.717, 1.165) is 10.9 Å². The molecule has 0 spiro atoms. The molecule has 2 rings (SSSR count). The lowest BCUT2D eigenvalue weighted by Gasteiger charge is -2.04. The number of carbonyl (C=O) groups excluding carboxylic acids is 1. The van der Waals surface area contributed by atoms with Crippen molar-refractivity contribution in [1.82, 2.24) is 4.98 Å². The van der Waals surface area contributed by atoms with Crippen LogP contribution in [-0.4, -0.2) is 18.1 Å². The molecule has 2 aromatic rings. The van der Waals surface area contributed by atoms with Crippen LogP contribution in [0.4, 0.5) is 0 Å². The number of hydrogen-bond donors (Lipinski definition) is 1. The van der Waals surface area contributed by atoms with Crippen LogP contribution in [0.2, 0.25) is 0 Å². The van der Waals surface area contributed by atoms with Crippen molar-refractivity contribution in [3.63, 3.8) is 0 Å². The number of H-pyrrole nitrogens is 1. The Morgan fingerprint density at radius 1 is 1.19 bits per heavy atom. The van der Waals surface area contributed by atoms with Crippen molar-refractivity contribution < 1.29 is 9.53 Å². The maximum absolute atomic E-state index is 11.4. The van der Waals surface area contributed by atoms with Gasteiger partial charge in [0.05, 0.1) is 7.11 Å². The summed E-state index contributed by atoms with van der Waals surface area (Å²) in [6.45, 7) is 6.17. The Morgan fingerprint density at radius 3 is 2.50 bits per heavy atom. The first-order chi connectivity index (χ1) is 7.54. The van der Waals surface area contributed by atoms with E-state index in [1.54, 1.807) is 0 Å². The zero-order chi connectivity index (χ0) is 11.9. The molecule has 16 heavy (non-hydrogen) atoms. The van der Waals surface area contributed by atoms with Gasteiger partial charge in [0.1, 0.15) is 5.69 Å². The summed E-state index contributed by atoms with van der Waals surface area (Å²) in [4.78, 5) is 14.6. The number of carbonyl (C=O) groups is 1. The van der Waals surface area contributed by atoms with Crippen LogP contribution in [0.15, 0.2) is 12.1 Å². The van der Waals surface area contributed by atoms with Gasteiger partial charge in [0, 0.05) is 10.9 Å². The Hall–Kier alpha value is -1.77. The van der Waals surface area contributed by atoms with Gasteiger partial charge >= 0.3 is 5.97 Å². The van der Waals surface area contributed by atoms with E-state index in [1.165, 1.54) is 23.8 Å². The van der Waals surface area contributed by atoms with Gasteiger partial charge in [0.2, 0.25) is 0 Å². The number of ether oxygens (including phenoxy) is 1. The Labute approximate surface area is 94.4 Å². The molecule has 1 heterocycles. The fraction of sp³-hybridized carbons (Fsp3) is 0.308. The average molecular weight is 217 g/mol. The van der Waals surface area contributed by atoms with E-state index in [-0.39, 0.29) is 5.97 Å². The minimum absolute atomic E-state index is 0.326. The lowest BCUT2D eigenvalue weighted by Crippen LogP contribution is -2.00. The van der Waals surface area contributed by atoms with E-state index in [9.17, 15) is 4.79 Å². The van der Waals surface area contributed by atoms with Crippen molar-refractivity contribution in [2.24, 2.45) is 0 Å². The first-order valence-corrected chi connectivity index (χ1v) is 5.22. The monoisotopic (exact) mass is 217 g/mol. The Bertz CT molecular complexity index is 567. The largest absolute Gasteiger partial charge is 0.464 e. The van der Waals surface area contributed by atoms with Gasteiger partial charge in [0.15, 0.2) is 0 Å². The molecule has 0 amide bonds. The summed E-state index contributed by atoms with van der Waals surface area (Å²) < 4.78 is 4.71. The number of aromatic amines is 1. The van der Waals surface area contributed by atoms with E-state index >= 15 is 0 Å². The summed E-state index contributed by atoms with van der Waals surface area (Å²) in [5, 5.41) is 1.09. The van der Waals surface area contributed by atoms with E-state index in [1.807, 2.05) is 13.0 Å². The fourth-order valence-electron chi connectivity index (χ4n) is 1.99. The normalized spacial score (nSPS) is 10.8. The summed E-state index contributed by atoms with van der Waals surface area (Å²) in [5.41, 5.74) is 5.11. The second-order valence-corrected chi connectivity index (χ2v) is 4.10. The molecule has 0 saturated heterocycles. The molecule has 0 aliphatic heterocycles. The molecule has 0 aliphatic carbocycles. The highest BCUT2D eigenvalue weighted by atomic mass is 16.5. The van der Waals surface area contributed by atoms with Gasteiger partial charge in [0.25, 0.3) is 0 Å². The molecule has 84 valence electrons. The van der Waals surface area contributed by atoms with Crippen molar-refractivity contribution >= 4 is 16.9 Å². The van der Waals surface area contributed by atoms with Crippen molar-refractivity contribution in [3.8, 4) is 0 Å². The van der Waals surface area contributed by atoms with Crippen LogP contribution in [-0.2, 0) is 4.74 Å². The quantitative estimate of drug-likeness (QED) is 0.746. The summed E-state index contributed by atoms with van der Waals surface area (Å²) >= 11 is 0. The lowest BCUT2D eigenvalue weighted by molar-refractivity contribution is 0.0595. The molecule has 0 fully saturated rings. The van der Waals surface area contributed by atoms with E-state index in [2.05, 4.69) is 24.9 Å². The highest BCUT2D eigenvalue weighted by Gasteiger charge is 2.12. The van der Waals surface area contributed by atoms with Gasteiger partial charge in [-0.25, -0.2) is 4.79 Å². The molecule has 1 aromatic heterocycles. The number of aryl methyl sites for hydroxylation is 3. The second-order valence-electron chi connectivity index (χ2n) is 4.10. The summed E-state index contributed by atoms with van der Waals surface area (Å²) in [6.07, 6.45) is 0. The van der Waals surface area contributed by atoms with Crippen molar-refractivity contribution in [1.29, 1.82) is 0 Å². The van der Waals surface area contributed by atoms with Crippen LogP contribution in [0.5, 0.6) is 0 Å². The van der Waals surface area contributed by atoms with Crippen LogP contribution in [0.25, 0.3) is 10.9 Å². The Morgan fingerprint density at radius 2 is 1.88 bits per heavy atom. The first kappa shape index (κ1) is 10.7. The SMILES string of the molecule is COC(=O)c1cc2c(C)cc(C)c(C)c2[nH]1. The Kier molecular flexibility index (Phi) is 2.46. The van der Waals surface area contributed by atoms with Crippen molar-refractivity contribution in [3.05, 3.63) is 34.5 Å². The van der Waals surface area contributed by atoms with E-state index < -0.39 is 0 Å². The number of hydrogen-bond acceptors (Lipinski definition) is 2. The molecular weight excluding hydrogens is 202 g/mol. The minimum Gasteiger partial charge on any atom is -0.464 e. The summed E-state index contributed by atoms with van der Waals surface area (Å²) in [6, 6.07) is 3.98. The van der Waals surface area contributed by atoms with Gasteiger partial charge in [-0.1, -0.05) is 6.07 Å². The number of aromatic nitrogens is 1. The molecule has 0 atom stereocenters. The van der Waals surface area contributed by atoms with Gasteiger partial charge in [-0.05, 0) is 43.5 Å². The van der Waals surface area contributed by atoms with Gasteiger partial charge in [-0.2, -0.15) is 0 Å². The van der Waals surface area contributed by atoms with Gasteiger partial charge in [-0.3, -0.25) is 0 Å². The smallest absolute Gasteiger partial charge is 0.354 e. The number of rotatable bonds is 1. The molecule has 3 nitrogen and oxygen atoms in total.